The van der Waals surface area contributed by atoms with Gasteiger partial charge in [0.05, 0.1) is 0 Å². The van der Waals surface area contributed by atoms with Gasteiger partial charge >= 0.3 is 0 Å². The van der Waals surface area contributed by atoms with Gasteiger partial charge in [-0.1, -0.05) is 38.3 Å². The van der Waals surface area contributed by atoms with E-state index in [0.29, 0.717) is 5.41 Å². The third-order valence-corrected chi connectivity index (χ3v) is 4.06. The molecule has 0 nitrogen and oxygen atoms in total. The molecule has 15 heavy (non-hydrogen) atoms. The lowest BCUT2D eigenvalue weighted by Crippen LogP contribution is -2.23. The van der Waals surface area contributed by atoms with Crippen LogP contribution < -0.4 is 0 Å². The topological polar surface area (TPSA) is 0 Å². The van der Waals surface area contributed by atoms with E-state index in [0.717, 1.165) is 5.92 Å². The summed E-state index contributed by atoms with van der Waals surface area (Å²) in [6, 6.07) is 0. The second-order valence-electron chi connectivity index (χ2n) is 5.45. The van der Waals surface area contributed by atoms with Gasteiger partial charge in [0.1, 0.15) is 0 Å². The highest BCUT2D eigenvalue weighted by Crippen LogP contribution is 2.54. The molecule has 0 N–H and O–H groups in total. The molecule has 0 radical (unpaired) electrons. The Hall–Kier alpha value is -0.260. The Labute approximate surface area is 96.2 Å². The molecule has 0 amide bonds. The summed E-state index contributed by atoms with van der Waals surface area (Å²) in [5.41, 5.74) is 2.27. The Morgan fingerprint density at radius 1 is 1.20 bits per heavy atom. The minimum atomic E-state index is 0.667. The van der Waals surface area contributed by atoms with Crippen LogP contribution >= 0.6 is 0 Å². The minimum Gasteiger partial charge on any atom is -0.0887 e. The molecular weight excluding hydrogens is 180 g/mol. The molecule has 0 aromatic rings. The average molecular weight is 208 g/mol. The Balaban J connectivity index is 2.71. The van der Waals surface area contributed by atoms with Crippen molar-refractivity contribution in [2.75, 3.05) is 0 Å². The highest BCUT2D eigenvalue weighted by molar-refractivity contribution is 5.05. The van der Waals surface area contributed by atoms with Gasteiger partial charge in [0.25, 0.3) is 0 Å². The molecule has 0 aromatic heterocycles. The van der Waals surface area contributed by atoms with Gasteiger partial charge in [0.15, 0.2) is 0 Å². The molecule has 0 heteroatoms. The van der Waals surface area contributed by atoms with Crippen molar-refractivity contribution >= 4 is 0 Å². The van der Waals surface area contributed by atoms with E-state index in [4.69, 9.17) is 0 Å². The highest BCUT2D eigenvalue weighted by atomic mass is 14.5. The van der Waals surface area contributed by atoms with Crippen molar-refractivity contribution < 1.29 is 0 Å². The number of allylic oxidation sites excluding steroid dienone is 2. The largest absolute Gasteiger partial charge is 0.0887 e. The molecule has 0 atom stereocenters. The summed E-state index contributed by atoms with van der Waals surface area (Å²) in [7, 11) is 0. The number of hydrogen-bond acceptors (Lipinski definition) is 0. The van der Waals surface area contributed by atoms with Crippen LogP contribution in [0.4, 0.5) is 0 Å². The molecule has 1 rings (SSSR count). The monoisotopic (exact) mass is 208 g/mol. The summed E-state index contributed by atoms with van der Waals surface area (Å²) in [5.74, 6) is 1.05. The molecule has 1 aliphatic rings. The first kappa shape index (κ1) is 12.8. The molecule has 1 saturated carbocycles. The van der Waals surface area contributed by atoms with E-state index in [1.165, 1.54) is 44.9 Å². The average Bonchev–Trinajstić information content (AvgIpc) is 3.01. The number of rotatable bonds is 7. The van der Waals surface area contributed by atoms with E-state index >= 15 is 0 Å². The SMILES string of the molecule is C/C=C(\C)CC(CCC)(CCC)C1CC1. The quantitative estimate of drug-likeness (QED) is 0.495. The first-order valence-corrected chi connectivity index (χ1v) is 6.80. The summed E-state index contributed by atoms with van der Waals surface area (Å²) in [5, 5.41) is 0. The molecule has 1 aliphatic carbocycles. The van der Waals surface area contributed by atoms with Crippen LogP contribution in [0.25, 0.3) is 0 Å². The molecule has 1 fully saturated rings. The lowest BCUT2D eigenvalue weighted by Gasteiger charge is -2.34. The third kappa shape index (κ3) is 3.36. The zero-order valence-corrected chi connectivity index (χ0v) is 11.1. The fraction of sp³-hybridized carbons (Fsp3) is 0.867. The van der Waals surface area contributed by atoms with E-state index in [1.807, 2.05) is 0 Å². The van der Waals surface area contributed by atoms with Gasteiger partial charge < -0.3 is 0 Å². The zero-order chi connectivity index (χ0) is 11.3. The smallest absolute Gasteiger partial charge is 0.0232 e. The molecule has 0 aromatic carbocycles. The maximum Gasteiger partial charge on any atom is -0.0232 e. The van der Waals surface area contributed by atoms with Crippen LogP contribution in [0.5, 0.6) is 0 Å². The van der Waals surface area contributed by atoms with Crippen molar-refractivity contribution in [2.24, 2.45) is 11.3 Å². The fourth-order valence-corrected chi connectivity index (χ4v) is 3.20. The standard InChI is InChI=1S/C15H28/c1-5-10-15(11-6-2,14-8-9-14)12-13(4)7-3/h7,14H,5-6,8-12H2,1-4H3/b13-7+. The van der Waals surface area contributed by atoms with Crippen molar-refractivity contribution in [3.05, 3.63) is 11.6 Å². The van der Waals surface area contributed by atoms with E-state index in [2.05, 4.69) is 33.8 Å². The minimum absolute atomic E-state index is 0.667. The van der Waals surface area contributed by atoms with E-state index in [-0.39, 0.29) is 0 Å². The Kier molecular flexibility index (Phi) is 4.89. The molecule has 0 bridgehead atoms. The van der Waals surface area contributed by atoms with Crippen molar-refractivity contribution in [1.82, 2.24) is 0 Å². The van der Waals surface area contributed by atoms with Crippen LogP contribution in [0.1, 0.15) is 72.6 Å². The molecule has 0 unspecified atom stereocenters. The maximum atomic E-state index is 2.35. The Morgan fingerprint density at radius 3 is 2.07 bits per heavy atom. The third-order valence-electron chi connectivity index (χ3n) is 4.06. The second kappa shape index (κ2) is 5.72. The van der Waals surface area contributed by atoms with Crippen LogP contribution in [0, 0.1) is 11.3 Å². The lowest BCUT2D eigenvalue weighted by molar-refractivity contribution is 0.190. The predicted octanol–water partition coefficient (Wildman–Crippen LogP) is 5.34. The normalized spacial score (nSPS) is 18.3. The van der Waals surface area contributed by atoms with Crippen LogP contribution in [0.2, 0.25) is 0 Å². The second-order valence-corrected chi connectivity index (χ2v) is 5.45. The summed E-state index contributed by atoms with van der Waals surface area (Å²) < 4.78 is 0. The zero-order valence-electron chi connectivity index (χ0n) is 11.1. The van der Waals surface area contributed by atoms with Crippen LogP contribution in [-0.2, 0) is 0 Å². The van der Waals surface area contributed by atoms with Gasteiger partial charge in [-0.25, -0.2) is 0 Å². The van der Waals surface area contributed by atoms with Crippen molar-refractivity contribution in [1.29, 1.82) is 0 Å². The van der Waals surface area contributed by atoms with Gasteiger partial charge in [0, 0.05) is 0 Å². The fourth-order valence-electron chi connectivity index (χ4n) is 3.20. The van der Waals surface area contributed by atoms with Crippen molar-refractivity contribution in [3.63, 3.8) is 0 Å². The molecule has 0 heterocycles. The molecule has 0 saturated heterocycles. The van der Waals surface area contributed by atoms with Gasteiger partial charge in [-0.05, 0) is 57.3 Å². The van der Waals surface area contributed by atoms with Gasteiger partial charge in [-0.15, -0.1) is 0 Å². The summed E-state index contributed by atoms with van der Waals surface area (Å²) in [6.45, 7) is 9.18. The van der Waals surface area contributed by atoms with Gasteiger partial charge in [-0.2, -0.15) is 0 Å². The maximum absolute atomic E-state index is 2.35. The number of hydrogen-bond donors (Lipinski definition) is 0. The van der Waals surface area contributed by atoms with Crippen molar-refractivity contribution in [2.45, 2.75) is 72.6 Å². The molecular formula is C15H28. The molecule has 0 spiro atoms. The first-order chi connectivity index (χ1) is 7.18. The first-order valence-electron chi connectivity index (χ1n) is 6.80. The van der Waals surface area contributed by atoms with E-state index in [1.54, 1.807) is 5.57 Å². The Morgan fingerprint density at radius 2 is 1.73 bits per heavy atom. The summed E-state index contributed by atoms with van der Waals surface area (Å²) in [6.07, 6.45) is 12.3. The Bertz CT molecular complexity index is 202. The van der Waals surface area contributed by atoms with Crippen LogP contribution in [0.15, 0.2) is 11.6 Å². The predicted molar refractivity (Wildman–Crippen MR) is 69.0 cm³/mol. The van der Waals surface area contributed by atoms with Gasteiger partial charge in [-0.3, -0.25) is 0 Å². The van der Waals surface area contributed by atoms with Crippen LogP contribution in [0.3, 0.4) is 0 Å². The van der Waals surface area contributed by atoms with Gasteiger partial charge in [0.2, 0.25) is 0 Å². The summed E-state index contributed by atoms with van der Waals surface area (Å²) in [4.78, 5) is 0. The molecule has 88 valence electrons. The van der Waals surface area contributed by atoms with Crippen molar-refractivity contribution in [3.8, 4) is 0 Å². The van der Waals surface area contributed by atoms with E-state index < -0.39 is 0 Å². The van der Waals surface area contributed by atoms with Crippen LogP contribution in [-0.4, -0.2) is 0 Å². The summed E-state index contributed by atoms with van der Waals surface area (Å²) >= 11 is 0. The van der Waals surface area contributed by atoms with E-state index in [9.17, 15) is 0 Å². The highest BCUT2D eigenvalue weighted by Gasteiger charge is 2.43. The lowest BCUT2D eigenvalue weighted by atomic mass is 9.70. The molecule has 0 aliphatic heterocycles.